The van der Waals surface area contributed by atoms with Crippen molar-refractivity contribution in [3.8, 4) is 0 Å². The van der Waals surface area contributed by atoms with Gasteiger partial charge < -0.3 is 5.11 Å². The number of benzene rings is 1. The predicted octanol–water partition coefficient (Wildman–Crippen LogP) is 5.07. The Labute approximate surface area is 154 Å². The van der Waals surface area contributed by atoms with E-state index in [0.717, 1.165) is 25.9 Å². The summed E-state index contributed by atoms with van der Waals surface area (Å²) in [5.74, 6) is -0.308. The van der Waals surface area contributed by atoms with Crippen molar-refractivity contribution in [3.63, 3.8) is 0 Å². The number of thiophene rings is 1. The van der Waals surface area contributed by atoms with Crippen LogP contribution in [0.4, 0.5) is 0 Å². The number of likely N-dealkylation sites (tertiary alicyclic amines) is 1. The number of nitrogens with zero attached hydrogens (tertiary/aromatic N) is 1. The van der Waals surface area contributed by atoms with Crippen molar-refractivity contribution in [2.24, 2.45) is 5.92 Å². The van der Waals surface area contributed by atoms with Crippen molar-refractivity contribution in [3.05, 3.63) is 57.3 Å². The van der Waals surface area contributed by atoms with Gasteiger partial charge >= 0.3 is 5.97 Å². The lowest BCUT2D eigenvalue weighted by atomic mass is 9.93. The van der Waals surface area contributed by atoms with Gasteiger partial charge in [-0.25, -0.2) is 0 Å². The van der Waals surface area contributed by atoms with Gasteiger partial charge in [0.25, 0.3) is 0 Å². The van der Waals surface area contributed by atoms with Crippen LogP contribution in [0.15, 0.2) is 36.4 Å². The molecule has 1 atom stereocenters. The van der Waals surface area contributed by atoms with E-state index in [9.17, 15) is 9.90 Å². The number of carboxylic acid groups (broad SMARTS) is 1. The highest BCUT2D eigenvalue weighted by atomic mass is 32.1. The summed E-state index contributed by atoms with van der Waals surface area (Å²) >= 11 is 1.84. The molecule has 0 saturated carbocycles. The van der Waals surface area contributed by atoms with Crippen molar-refractivity contribution >= 4 is 17.3 Å². The summed E-state index contributed by atoms with van der Waals surface area (Å²) in [5.41, 5.74) is 2.66. The Kier molecular flexibility index (Phi) is 5.60. The number of carbonyl (C=O) groups is 1. The molecule has 1 aromatic heterocycles. The monoisotopic (exact) mass is 357 g/mol. The number of hydrogen-bond acceptors (Lipinski definition) is 3. The summed E-state index contributed by atoms with van der Waals surface area (Å²) in [6, 6.07) is 13.6. The van der Waals surface area contributed by atoms with Gasteiger partial charge in [0.15, 0.2) is 0 Å². The zero-order chi connectivity index (χ0) is 18.0. The van der Waals surface area contributed by atoms with Crippen molar-refractivity contribution in [2.45, 2.75) is 45.6 Å². The number of aliphatic carboxylic acids is 1. The molecule has 1 aliphatic rings. The lowest BCUT2D eigenvalue weighted by molar-refractivity contribution is -0.143. The van der Waals surface area contributed by atoms with Crippen molar-refractivity contribution < 1.29 is 9.90 Å². The second-order valence-corrected chi connectivity index (χ2v) is 8.64. The van der Waals surface area contributed by atoms with Gasteiger partial charge in [-0.05, 0) is 62.0 Å². The SMILES string of the molecule is Cc1ccc(C(c2ccc(C(C)C)cc2)N2CCC(C(=O)O)CC2)s1. The molecule has 25 heavy (non-hydrogen) atoms. The van der Waals surface area contributed by atoms with Gasteiger partial charge in [0.05, 0.1) is 12.0 Å². The van der Waals surface area contributed by atoms with Crippen molar-refractivity contribution in [1.82, 2.24) is 4.90 Å². The van der Waals surface area contributed by atoms with Crippen LogP contribution >= 0.6 is 11.3 Å². The summed E-state index contributed by atoms with van der Waals surface area (Å²) < 4.78 is 0. The molecule has 0 aliphatic carbocycles. The normalized spacial score (nSPS) is 17.8. The van der Waals surface area contributed by atoms with E-state index in [-0.39, 0.29) is 12.0 Å². The van der Waals surface area contributed by atoms with Crippen LogP contribution in [-0.2, 0) is 4.79 Å². The van der Waals surface area contributed by atoms with E-state index in [2.05, 4.69) is 62.1 Å². The topological polar surface area (TPSA) is 40.5 Å². The number of hydrogen-bond donors (Lipinski definition) is 1. The summed E-state index contributed by atoms with van der Waals surface area (Å²) in [6.45, 7) is 8.25. The van der Waals surface area contributed by atoms with E-state index in [0.29, 0.717) is 5.92 Å². The molecule has 3 nitrogen and oxygen atoms in total. The van der Waals surface area contributed by atoms with Gasteiger partial charge in [0.1, 0.15) is 0 Å². The van der Waals surface area contributed by atoms with E-state index in [1.165, 1.54) is 20.9 Å². The molecule has 134 valence electrons. The minimum atomic E-state index is -0.649. The van der Waals surface area contributed by atoms with Gasteiger partial charge in [0.2, 0.25) is 0 Å². The Morgan fingerprint density at radius 2 is 1.68 bits per heavy atom. The van der Waals surface area contributed by atoms with Crippen LogP contribution in [0, 0.1) is 12.8 Å². The average Bonchev–Trinajstić information content (AvgIpc) is 3.02. The Morgan fingerprint density at radius 3 is 2.16 bits per heavy atom. The number of carboxylic acids is 1. The molecule has 4 heteroatoms. The molecule has 0 spiro atoms. The maximum absolute atomic E-state index is 11.3. The molecule has 1 fully saturated rings. The molecule has 0 radical (unpaired) electrons. The fourth-order valence-electron chi connectivity index (χ4n) is 3.62. The maximum atomic E-state index is 11.3. The third-order valence-electron chi connectivity index (χ3n) is 5.19. The molecule has 1 saturated heterocycles. The third-order valence-corrected chi connectivity index (χ3v) is 6.25. The summed E-state index contributed by atoms with van der Waals surface area (Å²) in [5, 5.41) is 9.27. The number of rotatable bonds is 5. The highest BCUT2D eigenvalue weighted by Crippen LogP contribution is 2.36. The minimum absolute atomic E-state index is 0.190. The van der Waals surface area contributed by atoms with Crippen LogP contribution in [0.1, 0.15) is 59.5 Å². The number of piperidine rings is 1. The van der Waals surface area contributed by atoms with Crippen LogP contribution in [0.3, 0.4) is 0 Å². The van der Waals surface area contributed by atoms with Gasteiger partial charge in [-0.15, -0.1) is 11.3 Å². The van der Waals surface area contributed by atoms with Crippen molar-refractivity contribution in [2.75, 3.05) is 13.1 Å². The van der Waals surface area contributed by atoms with E-state index in [4.69, 9.17) is 0 Å². The summed E-state index contributed by atoms with van der Waals surface area (Å²) in [4.78, 5) is 16.4. The van der Waals surface area contributed by atoms with Gasteiger partial charge in [0, 0.05) is 9.75 Å². The number of aryl methyl sites for hydroxylation is 1. The highest BCUT2D eigenvalue weighted by Gasteiger charge is 2.30. The first kappa shape index (κ1) is 18.2. The average molecular weight is 358 g/mol. The predicted molar refractivity (Wildman–Crippen MR) is 103 cm³/mol. The zero-order valence-electron chi connectivity index (χ0n) is 15.2. The minimum Gasteiger partial charge on any atom is -0.481 e. The molecular formula is C21H27NO2S. The second kappa shape index (κ2) is 7.71. The first-order valence-corrected chi connectivity index (χ1v) is 9.90. The van der Waals surface area contributed by atoms with Crippen LogP contribution in [0.25, 0.3) is 0 Å². The molecule has 1 aliphatic heterocycles. The lowest BCUT2D eigenvalue weighted by Gasteiger charge is -2.36. The molecule has 1 N–H and O–H groups in total. The van der Waals surface area contributed by atoms with E-state index < -0.39 is 5.97 Å². The smallest absolute Gasteiger partial charge is 0.306 e. The zero-order valence-corrected chi connectivity index (χ0v) is 16.1. The summed E-state index contributed by atoms with van der Waals surface area (Å²) in [6.07, 6.45) is 1.47. The van der Waals surface area contributed by atoms with E-state index >= 15 is 0 Å². The standard InChI is InChI=1S/C21H27NO2S/c1-14(2)16-5-7-17(8-6-16)20(19-9-4-15(3)25-19)22-12-10-18(11-13-22)21(23)24/h4-9,14,18,20H,10-13H2,1-3H3,(H,23,24). The second-order valence-electron chi connectivity index (χ2n) is 7.32. The van der Waals surface area contributed by atoms with Gasteiger partial charge in [-0.1, -0.05) is 38.1 Å². The maximum Gasteiger partial charge on any atom is 0.306 e. The molecular weight excluding hydrogens is 330 g/mol. The Balaban J connectivity index is 1.87. The molecule has 1 unspecified atom stereocenters. The fraction of sp³-hybridized carbons (Fsp3) is 0.476. The molecule has 3 rings (SSSR count). The van der Waals surface area contributed by atoms with E-state index in [1.807, 2.05) is 11.3 Å². The molecule has 0 bridgehead atoms. The fourth-order valence-corrected chi connectivity index (χ4v) is 4.66. The first-order chi connectivity index (χ1) is 12.0. The van der Waals surface area contributed by atoms with Crippen LogP contribution in [0.5, 0.6) is 0 Å². The highest BCUT2D eigenvalue weighted by molar-refractivity contribution is 7.12. The Bertz CT molecular complexity index is 712. The quantitative estimate of drug-likeness (QED) is 0.812. The van der Waals surface area contributed by atoms with E-state index in [1.54, 1.807) is 0 Å². The lowest BCUT2D eigenvalue weighted by Crippen LogP contribution is -2.39. The molecule has 2 aromatic rings. The van der Waals surface area contributed by atoms with Crippen molar-refractivity contribution in [1.29, 1.82) is 0 Å². The summed E-state index contributed by atoms with van der Waals surface area (Å²) in [7, 11) is 0. The molecule has 0 amide bonds. The van der Waals surface area contributed by atoms with Crippen LogP contribution in [0.2, 0.25) is 0 Å². The van der Waals surface area contributed by atoms with Gasteiger partial charge in [-0.2, -0.15) is 0 Å². The van der Waals surface area contributed by atoms with Crippen LogP contribution in [-0.4, -0.2) is 29.1 Å². The Morgan fingerprint density at radius 1 is 1.08 bits per heavy atom. The molecule has 1 aromatic carbocycles. The van der Waals surface area contributed by atoms with Gasteiger partial charge in [-0.3, -0.25) is 9.69 Å². The molecule has 2 heterocycles. The Hall–Kier alpha value is -1.65. The largest absolute Gasteiger partial charge is 0.481 e. The third kappa shape index (κ3) is 4.13. The van der Waals surface area contributed by atoms with Crippen LogP contribution < -0.4 is 0 Å². The first-order valence-electron chi connectivity index (χ1n) is 9.08.